The largest absolute Gasteiger partial charge is 0.395 e. The Morgan fingerprint density at radius 1 is 1.53 bits per heavy atom. The fraction of sp³-hybridized carbons (Fsp3) is 0.571. The smallest absolute Gasteiger partial charge is 0.0661 e. The van der Waals surface area contributed by atoms with Crippen LogP contribution in [0.5, 0.6) is 0 Å². The number of hydrogen-bond acceptors (Lipinski definition) is 2. The summed E-state index contributed by atoms with van der Waals surface area (Å²) in [5.41, 5.74) is 2.18. The van der Waals surface area contributed by atoms with Crippen molar-refractivity contribution in [2.24, 2.45) is 0 Å². The third-order valence-corrected chi connectivity index (χ3v) is 4.32. The van der Waals surface area contributed by atoms with Gasteiger partial charge in [-0.3, -0.25) is 0 Å². The molecule has 94 valence electrons. The van der Waals surface area contributed by atoms with Gasteiger partial charge in [0.2, 0.25) is 0 Å². The zero-order chi connectivity index (χ0) is 12.5. The van der Waals surface area contributed by atoms with Gasteiger partial charge in [0.05, 0.1) is 12.7 Å². The second-order valence-electron chi connectivity index (χ2n) is 4.85. The number of aryl methyl sites for hydroxylation is 1. The highest BCUT2D eigenvalue weighted by molar-refractivity contribution is 6.30. The van der Waals surface area contributed by atoms with Crippen LogP contribution in [0.4, 0.5) is 0 Å². The van der Waals surface area contributed by atoms with Crippen LogP contribution in [0.1, 0.15) is 30.9 Å². The van der Waals surface area contributed by atoms with Gasteiger partial charge >= 0.3 is 0 Å². The van der Waals surface area contributed by atoms with Crippen LogP contribution in [0.15, 0.2) is 18.2 Å². The maximum absolute atomic E-state index is 9.85. The molecule has 0 aromatic heterocycles. The molecule has 1 aliphatic rings. The first-order valence-electron chi connectivity index (χ1n) is 6.06. The summed E-state index contributed by atoms with van der Waals surface area (Å²) in [6, 6.07) is 5.96. The molecule has 0 bridgehead atoms. The van der Waals surface area contributed by atoms with Crippen molar-refractivity contribution < 1.29 is 9.84 Å². The molecule has 17 heavy (non-hydrogen) atoms. The van der Waals surface area contributed by atoms with E-state index in [9.17, 15) is 5.11 Å². The number of fused-ring (bicyclic) bond motifs is 1. The van der Waals surface area contributed by atoms with Crippen molar-refractivity contribution in [2.75, 3.05) is 13.7 Å². The first-order valence-corrected chi connectivity index (χ1v) is 6.44. The molecule has 0 fully saturated rings. The summed E-state index contributed by atoms with van der Waals surface area (Å²) in [7, 11) is 1.70. The van der Waals surface area contributed by atoms with Crippen LogP contribution in [-0.4, -0.2) is 24.9 Å². The Morgan fingerprint density at radius 3 is 2.94 bits per heavy atom. The van der Waals surface area contributed by atoms with Crippen molar-refractivity contribution in [1.29, 1.82) is 0 Å². The lowest BCUT2D eigenvalue weighted by Gasteiger charge is -2.41. The summed E-state index contributed by atoms with van der Waals surface area (Å²) in [4.78, 5) is 0. The molecular formula is C14H19ClO2. The van der Waals surface area contributed by atoms with Gasteiger partial charge in [-0.05, 0) is 49.4 Å². The monoisotopic (exact) mass is 254 g/mol. The highest BCUT2D eigenvalue weighted by atomic mass is 35.5. The summed E-state index contributed by atoms with van der Waals surface area (Å²) in [5.74, 6) is 0. The van der Waals surface area contributed by atoms with Crippen LogP contribution in [0.2, 0.25) is 5.02 Å². The Hall–Kier alpha value is -0.570. The third kappa shape index (κ3) is 2.10. The van der Waals surface area contributed by atoms with Crippen LogP contribution in [0, 0.1) is 0 Å². The van der Waals surface area contributed by atoms with E-state index >= 15 is 0 Å². The van der Waals surface area contributed by atoms with Crippen molar-refractivity contribution in [1.82, 2.24) is 0 Å². The van der Waals surface area contributed by atoms with Crippen LogP contribution in [-0.2, 0) is 16.6 Å². The molecule has 1 N–H and O–H groups in total. The van der Waals surface area contributed by atoms with E-state index < -0.39 is 0 Å². The number of ether oxygens (including phenoxy) is 1. The van der Waals surface area contributed by atoms with Gasteiger partial charge in [0.15, 0.2) is 0 Å². The number of rotatable bonds is 3. The Labute approximate surface area is 108 Å². The molecule has 1 aliphatic carbocycles. The SMILES string of the molecule is COC(C)[C@]1(CO)CCCc2cc(Cl)ccc21. The quantitative estimate of drug-likeness (QED) is 0.899. The highest BCUT2D eigenvalue weighted by Gasteiger charge is 2.41. The zero-order valence-electron chi connectivity index (χ0n) is 10.4. The van der Waals surface area contributed by atoms with Crippen molar-refractivity contribution in [3.05, 3.63) is 34.3 Å². The minimum atomic E-state index is -0.271. The normalized spacial score (nSPS) is 25.4. The molecule has 1 aromatic carbocycles. The van der Waals surface area contributed by atoms with E-state index in [1.54, 1.807) is 7.11 Å². The molecule has 0 spiro atoms. The molecule has 2 atom stereocenters. The number of hydrogen-bond donors (Lipinski definition) is 1. The van der Waals surface area contributed by atoms with Crippen molar-refractivity contribution in [3.8, 4) is 0 Å². The minimum absolute atomic E-state index is 0.00715. The van der Waals surface area contributed by atoms with E-state index in [2.05, 4.69) is 0 Å². The number of aliphatic hydroxyl groups is 1. The van der Waals surface area contributed by atoms with Gasteiger partial charge in [0.25, 0.3) is 0 Å². The molecule has 0 radical (unpaired) electrons. The number of aliphatic hydroxyl groups excluding tert-OH is 1. The fourth-order valence-corrected chi connectivity index (χ4v) is 3.12. The van der Waals surface area contributed by atoms with Crippen LogP contribution < -0.4 is 0 Å². The summed E-state index contributed by atoms with van der Waals surface area (Å²) in [6.45, 7) is 2.15. The predicted octanol–water partition coefficient (Wildman–Crippen LogP) is 2.94. The highest BCUT2D eigenvalue weighted by Crippen LogP contribution is 2.41. The molecule has 2 nitrogen and oxygen atoms in total. The topological polar surface area (TPSA) is 29.5 Å². The molecule has 1 unspecified atom stereocenters. The lowest BCUT2D eigenvalue weighted by atomic mass is 9.67. The molecule has 0 saturated carbocycles. The van der Waals surface area contributed by atoms with Gasteiger partial charge < -0.3 is 9.84 Å². The average Bonchev–Trinajstić information content (AvgIpc) is 2.36. The van der Waals surface area contributed by atoms with E-state index in [0.717, 1.165) is 24.3 Å². The summed E-state index contributed by atoms with van der Waals surface area (Å²) in [5, 5.41) is 10.6. The first kappa shape index (κ1) is 12.9. The van der Waals surface area contributed by atoms with Crippen molar-refractivity contribution in [2.45, 2.75) is 37.7 Å². The van der Waals surface area contributed by atoms with E-state index in [4.69, 9.17) is 16.3 Å². The molecule has 0 amide bonds. The maximum Gasteiger partial charge on any atom is 0.0661 e. The Morgan fingerprint density at radius 2 is 2.29 bits per heavy atom. The molecule has 3 heteroatoms. The van der Waals surface area contributed by atoms with Crippen LogP contribution in [0.3, 0.4) is 0 Å². The van der Waals surface area contributed by atoms with Gasteiger partial charge in [0, 0.05) is 17.5 Å². The second-order valence-corrected chi connectivity index (χ2v) is 5.28. The zero-order valence-corrected chi connectivity index (χ0v) is 11.1. The van der Waals surface area contributed by atoms with Gasteiger partial charge in [0.1, 0.15) is 0 Å². The number of methoxy groups -OCH3 is 1. The molecular weight excluding hydrogens is 236 g/mol. The van der Waals surface area contributed by atoms with Crippen molar-refractivity contribution in [3.63, 3.8) is 0 Å². The number of halogens is 1. The van der Waals surface area contributed by atoms with Crippen molar-refractivity contribution >= 4 is 11.6 Å². The van der Waals surface area contributed by atoms with Gasteiger partial charge in [-0.25, -0.2) is 0 Å². The predicted molar refractivity (Wildman–Crippen MR) is 69.6 cm³/mol. The fourth-order valence-electron chi connectivity index (χ4n) is 2.92. The number of benzene rings is 1. The van der Waals surface area contributed by atoms with E-state index in [1.165, 1.54) is 11.1 Å². The first-order chi connectivity index (χ1) is 8.14. The van der Waals surface area contributed by atoms with E-state index in [1.807, 2.05) is 25.1 Å². The van der Waals surface area contributed by atoms with Crippen LogP contribution >= 0.6 is 11.6 Å². The molecule has 1 aromatic rings. The standard InChI is InChI=1S/C14H19ClO2/c1-10(17-2)14(9-16)7-3-4-11-8-12(15)5-6-13(11)14/h5-6,8,10,16H,3-4,7,9H2,1-2H3/t10?,14-/m1/s1. The average molecular weight is 255 g/mol. The van der Waals surface area contributed by atoms with Gasteiger partial charge in [-0.15, -0.1) is 0 Å². The summed E-state index contributed by atoms with van der Waals surface area (Å²) < 4.78 is 5.48. The van der Waals surface area contributed by atoms with E-state index in [-0.39, 0.29) is 18.1 Å². The van der Waals surface area contributed by atoms with E-state index in [0.29, 0.717) is 0 Å². The molecule has 2 rings (SSSR count). The Kier molecular flexibility index (Phi) is 3.76. The molecule has 0 aliphatic heterocycles. The second kappa shape index (κ2) is 4.97. The third-order valence-electron chi connectivity index (χ3n) is 4.09. The lowest BCUT2D eigenvalue weighted by Crippen LogP contribution is -2.45. The minimum Gasteiger partial charge on any atom is -0.395 e. The lowest BCUT2D eigenvalue weighted by molar-refractivity contribution is 0.00534. The summed E-state index contributed by atoms with van der Waals surface area (Å²) in [6.07, 6.45) is 3.08. The van der Waals surface area contributed by atoms with Gasteiger partial charge in [-0.2, -0.15) is 0 Å². The summed E-state index contributed by atoms with van der Waals surface area (Å²) >= 11 is 6.03. The van der Waals surface area contributed by atoms with Gasteiger partial charge in [-0.1, -0.05) is 17.7 Å². The Bertz CT molecular complexity index is 405. The molecule has 0 heterocycles. The molecule has 0 saturated heterocycles. The van der Waals surface area contributed by atoms with Crippen LogP contribution in [0.25, 0.3) is 0 Å². The maximum atomic E-state index is 9.85. The Balaban J connectivity index is 2.51.